The minimum Gasteiger partial charge on any atom is -0.348 e. The Kier molecular flexibility index (Phi) is 3.28. The average molecular weight is 265 g/mol. The zero-order valence-corrected chi connectivity index (χ0v) is 10.5. The van der Waals surface area contributed by atoms with Gasteiger partial charge in [0.2, 0.25) is 0 Å². The Hall–Kier alpha value is -2.89. The van der Waals surface area contributed by atoms with Crippen molar-refractivity contribution in [3.63, 3.8) is 0 Å². The van der Waals surface area contributed by atoms with Crippen molar-refractivity contribution in [2.75, 3.05) is 0 Å². The Morgan fingerprint density at radius 2 is 2.00 bits per heavy atom. The van der Waals surface area contributed by atoms with E-state index in [-0.39, 0.29) is 5.91 Å². The first-order valence-corrected chi connectivity index (χ1v) is 6.07. The van der Waals surface area contributed by atoms with Gasteiger partial charge in [-0.05, 0) is 17.7 Å². The lowest BCUT2D eigenvalue weighted by Crippen LogP contribution is -2.23. The molecule has 0 unspecified atom stereocenters. The number of carbonyl (C=O) groups is 1. The van der Waals surface area contributed by atoms with E-state index in [4.69, 9.17) is 0 Å². The Bertz CT molecular complexity index is 745. The molecule has 3 aromatic rings. The highest BCUT2D eigenvalue weighted by atomic mass is 16.1. The van der Waals surface area contributed by atoms with Crippen LogP contribution in [0.5, 0.6) is 0 Å². The third kappa shape index (κ3) is 2.59. The lowest BCUT2D eigenvalue weighted by molar-refractivity contribution is 0.0950. The lowest BCUT2D eigenvalue weighted by atomic mass is 10.2. The number of fused-ring (bicyclic) bond motifs is 1. The molecule has 98 valence electrons. The summed E-state index contributed by atoms with van der Waals surface area (Å²) in [5.41, 5.74) is 2.52. The van der Waals surface area contributed by atoms with E-state index in [2.05, 4.69) is 25.3 Å². The number of hydrogen-bond donors (Lipinski definition) is 1. The third-order valence-corrected chi connectivity index (χ3v) is 2.76. The summed E-state index contributed by atoms with van der Waals surface area (Å²) in [7, 11) is 0. The number of nitrogens with zero attached hydrogens (tertiary/aromatic N) is 4. The molecular weight excluding hydrogens is 254 g/mol. The van der Waals surface area contributed by atoms with Crippen molar-refractivity contribution in [2.24, 2.45) is 0 Å². The second-order valence-electron chi connectivity index (χ2n) is 4.17. The predicted molar refractivity (Wildman–Crippen MR) is 72.7 cm³/mol. The van der Waals surface area contributed by atoms with Gasteiger partial charge >= 0.3 is 0 Å². The molecule has 3 heterocycles. The van der Waals surface area contributed by atoms with Gasteiger partial charge in [0.1, 0.15) is 5.52 Å². The topological polar surface area (TPSA) is 80.7 Å². The molecule has 20 heavy (non-hydrogen) atoms. The van der Waals surface area contributed by atoms with Gasteiger partial charge in [0.25, 0.3) is 5.91 Å². The number of rotatable bonds is 3. The van der Waals surface area contributed by atoms with Crippen molar-refractivity contribution in [3.8, 4) is 0 Å². The molecule has 0 bridgehead atoms. The summed E-state index contributed by atoms with van der Waals surface area (Å²) in [6, 6.07) is 5.40. The average Bonchev–Trinajstić information content (AvgIpc) is 2.53. The van der Waals surface area contributed by atoms with E-state index in [0.29, 0.717) is 23.3 Å². The van der Waals surface area contributed by atoms with E-state index in [1.807, 2.05) is 12.1 Å². The fourth-order valence-electron chi connectivity index (χ4n) is 1.77. The largest absolute Gasteiger partial charge is 0.348 e. The molecule has 0 fully saturated rings. The first kappa shape index (κ1) is 12.2. The van der Waals surface area contributed by atoms with Gasteiger partial charge in [-0.2, -0.15) is 0 Å². The zero-order valence-electron chi connectivity index (χ0n) is 10.5. The first-order chi connectivity index (χ1) is 9.83. The van der Waals surface area contributed by atoms with Gasteiger partial charge < -0.3 is 5.32 Å². The molecule has 0 atom stereocenters. The summed E-state index contributed by atoms with van der Waals surface area (Å²) in [6.45, 7) is 0.422. The Morgan fingerprint density at radius 1 is 1.10 bits per heavy atom. The SMILES string of the molecule is O=C(NCc1cccnc1)c1cnc2nccnc2c1. The fraction of sp³-hybridized carbons (Fsp3) is 0.0714. The van der Waals surface area contributed by atoms with Crippen molar-refractivity contribution < 1.29 is 4.79 Å². The van der Waals surface area contributed by atoms with Crippen LogP contribution in [0.2, 0.25) is 0 Å². The van der Waals surface area contributed by atoms with E-state index in [9.17, 15) is 4.79 Å². The van der Waals surface area contributed by atoms with Gasteiger partial charge in [0, 0.05) is 37.5 Å². The standard InChI is InChI=1S/C14H11N5O/c20-14(19-8-10-2-1-3-15-7-10)11-6-12-13(18-9-11)17-5-4-16-12/h1-7,9H,8H2,(H,19,20). The number of hydrogen-bond acceptors (Lipinski definition) is 5. The molecule has 6 nitrogen and oxygen atoms in total. The van der Waals surface area contributed by atoms with E-state index in [1.165, 1.54) is 6.20 Å². The highest BCUT2D eigenvalue weighted by Crippen LogP contribution is 2.07. The summed E-state index contributed by atoms with van der Waals surface area (Å²) in [6.07, 6.45) is 8.04. The van der Waals surface area contributed by atoms with Crippen molar-refractivity contribution >= 4 is 17.1 Å². The molecule has 0 aromatic carbocycles. The van der Waals surface area contributed by atoms with Crippen molar-refractivity contribution in [3.05, 3.63) is 60.3 Å². The number of pyridine rings is 2. The van der Waals surface area contributed by atoms with Crippen molar-refractivity contribution in [1.29, 1.82) is 0 Å². The normalized spacial score (nSPS) is 10.4. The second kappa shape index (κ2) is 5.40. The van der Waals surface area contributed by atoms with E-state index >= 15 is 0 Å². The molecule has 1 amide bonds. The summed E-state index contributed by atoms with van der Waals surface area (Å²) in [5.74, 6) is -0.200. The maximum atomic E-state index is 12.0. The molecule has 0 saturated heterocycles. The third-order valence-electron chi connectivity index (χ3n) is 2.76. The van der Waals surface area contributed by atoms with Crippen LogP contribution < -0.4 is 5.32 Å². The first-order valence-electron chi connectivity index (χ1n) is 6.07. The van der Waals surface area contributed by atoms with Gasteiger partial charge in [-0.1, -0.05) is 6.07 Å². The number of amides is 1. The van der Waals surface area contributed by atoms with Crippen LogP contribution in [0.1, 0.15) is 15.9 Å². The highest BCUT2D eigenvalue weighted by Gasteiger charge is 2.07. The smallest absolute Gasteiger partial charge is 0.253 e. The monoisotopic (exact) mass is 265 g/mol. The van der Waals surface area contributed by atoms with Crippen LogP contribution in [-0.4, -0.2) is 25.8 Å². The molecule has 0 spiro atoms. The van der Waals surface area contributed by atoms with Crippen LogP contribution >= 0.6 is 0 Å². The molecule has 3 aromatic heterocycles. The number of aromatic nitrogens is 4. The van der Waals surface area contributed by atoms with Crippen LogP contribution in [-0.2, 0) is 6.54 Å². The fourth-order valence-corrected chi connectivity index (χ4v) is 1.77. The minimum absolute atomic E-state index is 0.200. The van der Waals surface area contributed by atoms with Crippen molar-refractivity contribution in [2.45, 2.75) is 6.54 Å². The second-order valence-corrected chi connectivity index (χ2v) is 4.17. The van der Waals surface area contributed by atoms with Crippen LogP contribution in [0.4, 0.5) is 0 Å². The molecular formula is C14H11N5O. The van der Waals surface area contributed by atoms with Gasteiger partial charge in [-0.25, -0.2) is 9.97 Å². The van der Waals surface area contributed by atoms with Crippen LogP contribution in [0.25, 0.3) is 11.2 Å². The zero-order chi connectivity index (χ0) is 13.8. The Morgan fingerprint density at radius 3 is 2.85 bits per heavy atom. The molecule has 1 N–H and O–H groups in total. The summed E-state index contributed by atoms with van der Waals surface area (Å²) < 4.78 is 0. The quantitative estimate of drug-likeness (QED) is 0.773. The van der Waals surface area contributed by atoms with Crippen LogP contribution in [0, 0.1) is 0 Å². The van der Waals surface area contributed by atoms with Gasteiger partial charge in [0.15, 0.2) is 5.65 Å². The molecule has 0 aliphatic rings. The number of nitrogens with one attached hydrogen (secondary N) is 1. The summed E-state index contributed by atoms with van der Waals surface area (Å²) >= 11 is 0. The molecule has 0 radical (unpaired) electrons. The Balaban J connectivity index is 1.75. The Labute approximate surface area is 114 Å². The molecule has 0 aliphatic carbocycles. The van der Waals surface area contributed by atoms with Crippen LogP contribution in [0.15, 0.2) is 49.2 Å². The number of carbonyl (C=O) groups excluding carboxylic acids is 1. The summed E-state index contributed by atoms with van der Waals surface area (Å²) in [5, 5.41) is 2.81. The molecule has 3 rings (SSSR count). The summed E-state index contributed by atoms with van der Waals surface area (Å²) in [4.78, 5) is 28.3. The van der Waals surface area contributed by atoms with Crippen molar-refractivity contribution in [1.82, 2.24) is 25.3 Å². The van der Waals surface area contributed by atoms with E-state index in [1.54, 1.807) is 30.9 Å². The minimum atomic E-state index is -0.200. The van der Waals surface area contributed by atoms with Crippen LogP contribution in [0.3, 0.4) is 0 Å². The maximum Gasteiger partial charge on any atom is 0.253 e. The molecule has 0 saturated carbocycles. The molecule has 0 aliphatic heterocycles. The van der Waals surface area contributed by atoms with Gasteiger partial charge in [-0.3, -0.25) is 14.8 Å². The highest BCUT2D eigenvalue weighted by molar-refractivity contribution is 5.96. The lowest BCUT2D eigenvalue weighted by Gasteiger charge is -2.05. The van der Waals surface area contributed by atoms with Gasteiger partial charge in [-0.15, -0.1) is 0 Å². The van der Waals surface area contributed by atoms with E-state index in [0.717, 1.165) is 5.56 Å². The van der Waals surface area contributed by atoms with E-state index < -0.39 is 0 Å². The molecule has 6 heteroatoms. The van der Waals surface area contributed by atoms with Gasteiger partial charge in [0.05, 0.1) is 5.56 Å². The predicted octanol–water partition coefficient (Wildman–Crippen LogP) is 1.35. The maximum absolute atomic E-state index is 12.0.